The lowest BCUT2D eigenvalue weighted by atomic mass is 10.1. The topological polar surface area (TPSA) is 77.5 Å². The van der Waals surface area contributed by atoms with Crippen LogP contribution >= 0.6 is 11.8 Å². The number of hydrogen-bond acceptors (Lipinski definition) is 6. The Hall–Kier alpha value is -2.54. The van der Waals surface area contributed by atoms with Crippen LogP contribution in [0.1, 0.15) is 35.5 Å². The van der Waals surface area contributed by atoms with Crippen LogP contribution in [0.25, 0.3) is 0 Å². The minimum atomic E-state index is -0.337. The number of rotatable bonds is 8. The minimum Gasteiger partial charge on any atom is -0.492 e. The fraction of sp³-hybridized carbons (Fsp3) is 0.350. The number of amides is 1. The zero-order valence-corrected chi connectivity index (χ0v) is 16.8. The first-order valence-electron chi connectivity index (χ1n) is 8.76. The van der Waals surface area contributed by atoms with Gasteiger partial charge in [-0.05, 0) is 51.5 Å². The van der Waals surface area contributed by atoms with Crippen LogP contribution < -0.4 is 10.1 Å². The molecule has 144 valence electrons. The summed E-state index contributed by atoms with van der Waals surface area (Å²) in [6.07, 6.45) is 0. The van der Waals surface area contributed by atoms with Crippen molar-refractivity contribution in [1.82, 2.24) is 4.98 Å². The van der Waals surface area contributed by atoms with Crippen molar-refractivity contribution in [3.05, 3.63) is 47.2 Å². The third kappa shape index (κ3) is 5.72. The number of aryl methyl sites for hydroxylation is 2. The minimum absolute atomic E-state index is 0.0968. The summed E-state index contributed by atoms with van der Waals surface area (Å²) in [5.74, 6) is 0.0707. The van der Waals surface area contributed by atoms with E-state index >= 15 is 0 Å². The van der Waals surface area contributed by atoms with Crippen molar-refractivity contribution in [3.63, 3.8) is 0 Å². The van der Waals surface area contributed by atoms with Crippen LogP contribution in [0.4, 0.5) is 5.69 Å². The van der Waals surface area contributed by atoms with E-state index in [4.69, 9.17) is 9.47 Å². The van der Waals surface area contributed by atoms with Gasteiger partial charge in [-0.1, -0.05) is 23.9 Å². The zero-order valence-electron chi connectivity index (χ0n) is 16.0. The largest absolute Gasteiger partial charge is 0.492 e. The van der Waals surface area contributed by atoms with Gasteiger partial charge in [-0.2, -0.15) is 0 Å². The molecule has 0 bridgehead atoms. The number of nitrogens with zero attached hydrogens (tertiary/aromatic N) is 1. The average Bonchev–Trinajstić information content (AvgIpc) is 2.61. The van der Waals surface area contributed by atoms with E-state index in [0.717, 1.165) is 11.3 Å². The van der Waals surface area contributed by atoms with E-state index in [2.05, 4.69) is 10.3 Å². The number of anilines is 1. The fourth-order valence-electron chi connectivity index (χ4n) is 2.55. The van der Waals surface area contributed by atoms with Gasteiger partial charge in [-0.25, -0.2) is 4.98 Å². The number of para-hydroxylation sites is 2. The lowest BCUT2D eigenvalue weighted by molar-refractivity contribution is -0.139. The smallest absolute Gasteiger partial charge is 0.316 e. The molecular weight excluding hydrogens is 364 g/mol. The molecule has 1 aromatic heterocycles. The molecule has 1 heterocycles. The molecule has 0 aliphatic rings. The van der Waals surface area contributed by atoms with Crippen molar-refractivity contribution < 1.29 is 19.1 Å². The highest BCUT2D eigenvalue weighted by Gasteiger charge is 2.19. The molecule has 0 aliphatic heterocycles. The second-order valence-corrected chi connectivity index (χ2v) is 6.70. The van der Waals surface area contributed by atoms with Crippen molar-refractivity contribution in [2.75, 3.05) is 24.3 Å². The van der Waals surface area contributed by atoms with E-state index in [-0.39, 0.29) is 17.6 Å². The number of carbonyl (C=O) groups excluding carboxylic acids is 2. The molecule has 2 aromatic rings. The molecule has 0 radical (unpaired) electrons. The van der Waals surface area contributed by atoms with Gasteiger partial charge in [0.2, 0.25) is 0 Å². The lowest BCUT2D eigenvalue weighted by Gasteiger charge is -2.15. The third-order valence-corrected chi connectivity index (χ3v) is 4.55. The molecule has 7 heteroatoms. The predicted molar refractivity (Wildman–Crippen MR) is 107 cm³/mol. The fourth-order valence-corrected chi connectivity index (χ4v) is 3.49. The van der Waals surface area contributed by atoms with E-state index in [1.54, 1.807) is 19.1 Å². The maximum atomic E-state index is 13.0. The number of ether oxygens (including phenoxy) is 2. The Morgan fingerprint density at radius 3 is 2.59 bits per heavy atom. The second kappa shape index (κ2) is 9.97. The van der Waals surface area contributed by atoms with Gasteiger partial charge >= 0.3 is 5.97 Å². The lowest BCUT2D eigenvalue weighted by Crippen LogP contribution is -2.17. The Kier molecular flexibility index (Phi) is 7.67. The Balaban J connectivity index is 2.28. The molecule has 0 atom stereocenters. The van der Waals surface area contributed by atoms with E-state index in [9.17, 15) is 9.59 Å². The first kappa shape index (κ1) is 20.8. The number of pyridine rings is 1. The summed E-state index contributed by atoms with van der Waals surface area (Å²) >= 11 is 1.20. The number of benzene rings is 1. The molecule has 0 unspecified atom stereocenters. The highest BCUT2D eigenvalue weighted by molar-refractivity contribution is 8.00. The quantitative estimate of drug-likeness (QED) is 0.544. The van der Waals surface area contributed by atoms with Gasteiger partial charge in [-0.3, -0.25) is 9.59 Å². The highest BCUT2D eigenvalue weighted by Crippen LogP contribution is 2.28. The molecule has 0 spiro atoms. The van der Waals surface area contributed by atoms with Crippen molar-refractivity contribution in [2.24, 2.45) is 0 Å². The van der Waals surface area contributed by atoms with Crippen LogP contribution in [0, 0.1) is 13.8 Å². The van der Waals surface area contributed by atoms with Crippen LogP contribution in [0.15, 0.2) is 35.4 Å². The second-order valence-electron chi connectivity index (χ2n) is 5.74. The van der Waals surface area contributed by atoms with Crippen LogP contribution in [-0.2, 0) is 9.53 Å². The first-order valence-corrected chi connectivity index (χ1v) is 9.74. The first-order chi connectivity index (χ1) is 13.0. The number of hydrogen-bond donors (Lipinski definition) is 1. The third-order valence-electron chi connectivity index (χ3n) is 3.61. The van der Waals surface area contributed by atoms with Gasteiger partial charge in [0.05, 0.1) is 30.2 Å². The standard InChI is InChI=1S/C20H24N2O4S/c1-5-25-16-10-8-7-9-15(16)22-19(24)18-13(3)11-14(4)21-20(18)27-12-17(23)26-6-2/h7-11H,5-6,12H2,1-4H3,(H,22,24). The number of carbonyl (C=O) groups is 2. The van der Waals surface area contributed by atoms with E-state index in [0.29, 0.717) is 35.2 Å². The SMILES string of the molecule is CCOC(=O)CSc1nc(C)cc(C)c1C(=O)Nc1ccccc1OCC. The van der Waals surface area contributed by atoms with Crippen molar-refractivity contribution >= 4 is 29.3 Å². The average molecular weight is 388 g/mol. The van der Waals surface area contributed by atoms with Crippen molar-refractivity contribution in [2.45, 2.75) is 32.7 Å². The molecule has 1 N–H and O–H groups in total. The summed E-state index contributed by atoms with van der Waals surface area (Å²) in [6.45, 7) is 8.17. The molecule has 2 rings (SSSR count). The molecular formula is C20H24N2O4S. The molecule has 0 fully saturated rings. The molecule has 1 amide bonds. The van der Waals surface area contributed by atoms with Crippen LogP contribution in [0.2, 0.25) is 0 Å². The summed E-state index contributed by atoms with van der Waals surface area (Å²) in [4.78, 5) is 29.1. The van der Waals surface area contributed by atoms with Crippen molar-refractivity contribution in [3.8, 4) is 5.75 Å². The van der Waals surface area contributed by atoms with E-state index in [1.807, 2.05) is 39.0 Å². The zero-order chi connectivity index (χ0) is 19.8. The van der Waals surface area contributed by atoms with Crippen LogP contribution in [0.5, 0.6) is 5.75 Å². The molecule has 0 saturated heterocycles. The number of esters is 1. The van der Waals surface area contributed by atoms with Gasteiger partial charge in [0.25, 0.3) is 5.91 Å². The summed E-state index contributed by atoms with van der Waals surface area (Å²) < 4.78 is 10.5. The maximum Gasteiger partial charge on any atom is 0.316 e. The predicted octanol–water partition coefficient (Wildman–Crippen LogP) is 4.00. The molecule has 1 aromatic carbocycles. The summed E-state index contributed by atoms with van der Waals surface area (Å²) in [5, 5.41) is 3.40. The highest BCUT2D eigenvalue weighted by atomic mass is 32.2. The molecule has 6 nitrogen and oxygen atoms in total. The Morgan fingerprint density at radius 2 is 1.89 bits per heavy atom. The maximum absolute atomic E-state index is 13.0. The van der Waals surface area contributed by atoms with Crippen molar-refractivity contribution in [1.29, 1.82) is 0 Å². The van der Waals surface area contributed by atoms with Crippen LogP contribution in [0.3, 0.4) is 0 Å². The van der Waals surface area contributed by atoms with Gasteiger partial charge in [0.15, 0.2) is 0 Å². The Morgan fingerprint density at radius 1 is 1.15 bits per heavy atom. The van der Waals surface area contributed by atoms with Gasteiger partial charge in [0.1, 0.15) is 10.8 Å². The summed E-state index contributed by atoms with van der Waals surface area (Å²) in [6, 6.07) is 9.10. The Bertz CT molecular complexity index is 824. The number of nitrogens with one attached hydrogen (secondary N) is 1. The molecule has 0 saturated carbocycles. The molecule has 27 heavy (non-hydrogen) atoms. The number of aromatic nitrogens is 1. The van der Waals surface area contributed by atoms with E-state index in [1.165, 1.54) is 11.8 Å². The number of thioether (sulfide) groups is 1. The monoisotopic (exact) mass is 388 g/mol. The van der Waals surface area contributed by atoms with Gasteiger partial charge < -0.3 is 14.8 Å². The Labute approximate surface area is 163 Å². The van der Waals surface area contributed by atoms with Gasteiger partial charge in [-0.15, -0.1) is 0 Å². The normalized spacial score (nSPS) is 10.4. The summed E-state index contributed by atoms with van der Waals surface area (Å²) in [7, 11) is 0. The van der Waals surface area contributed by atoms with E-state index < -0.39 is 0 Å². The van der Waals surface area contributed by atoms with Gasteiger partial charge in [0, 0.05) is 5.69 Å². The molecule has 0 aliphatic carbocycles. The van der Waals surface area contributed by atoms with Crippen LogP contribution in [-0.4, -0.2) is 35.8 Å². The summed E-state index contributed by atoms with van der Waals surface area (Å²) in [5.41, 5.74) is 2.61.